The van der Waals surface area contributed by atoms with Gasteiger partial charge >= 0.3 is 0 Å². The second kappa shape index (κ2) is 9.39. The zero-order valence-electron chi connectivity index (χ0n) is 16.0. The minimum absolute atomic E-state index is 0.201. The Morgan fingerprint density at radius 3 is 2.58 bits per heavy atom. The van der Waals surface area contributed by atoms with Crippen molar-refractivity contribution in [3.05, 3.63) is 48.1 Å². The van der Waals surface area contributed by atoms with Crippen molar-refractivity contribution < 1.29 is 10.2 Å². The minimum Gasteiger partial charge on any atom is -0.393 e. The first-order valence-electron chi connectivity index (χ1n) is 9.21. The molecular formula is C22H36O2. The molecule has 0 saturated heterocycles. The molecule has 1 saturated carbocycles. The standard InChI is InChI=1S/C22H36O2/c1-18-12-13-20(23)17-19(18)11-8-6-7-9-14-21(2,3)15-10-16-22(4,5)24/h6,8,10-11,16,20,23-24H,1,7,9,12-15,17H2,2-5H3/b8-6+,16-10+,19-11-/t20-/m0/s1. The van der Waals surface area contributed by atoms with Crippen LogP contribution < -0.4 is 0 Å². The maximum Gasteiger partial charge on any atom is 0.0771 e. The van der Waals surface area contributed by atoms with Crippen LogP contribution in [-0.2, 0) is 0 Å². The molecule has 1 fully saturated rings. The molecule has 2 nitrogen and oxygen atoms in total. The van der Waals surface area contributed by atoms with Crippen LogP contribution in [0.5, 0.6) is 0 Å². The molecule has 0 aliphatic heterocycles. The summed E-state index contributed by atoms with van der Waals surface area (Å²) in [6, 6.07) is 0. The van der Waals surface area contributed by atoms with Gasteiger partial charge in [0.05, 0.1) is 11.7 Å². The second-order valence-corrected chi connectivity index (χ2v) is 8.44. The van der Waals surface area contributed by atoms with E-state index in [-0.39, 0.29) is 11.5 Å². The van der Waals surface area contributed by atoms with E-state index in [2.05, 4.69) is 44.7 Å². The zero-order chi connectivity index (χ0) is 18.2. The SMILES string of the molecule is C=C1CC[C@H](O)C/C1=C/C=C/CCCC(C)(C)C/C=C/C(C)(C)O. The van der Waals surface area contributed by atoms with Gasteiger partial charge in [-0.2, -0.15) is 0 Å². The van der Waals surface area contributed by atoms with Crippen molar-refractivity contribution in [2.24, 2.45) is 5.41 Å². The van der Waals surface area contributed by atoms with Crippen molar-refractivity contribution in [2.45, 2.75) is 84.3 Å². The molecule has 0 spiro atoms. The monoisotopic (exact) mass is 332 g/mol. The van der Waals surface area contributed by atoms with Crippen LogP contribution in [0.4, 0.5) is 0 Å². The fourth-order valence-corrected chi connectivity index (χ4v) is 2.93. The third-order valence-electron chi connectivity index (χ3n) is 4.54. The minimum atomic E-state index is -0.719. The van der Waals surface area contributed by atoms with Crippen LogP contribution in [0, 0.1) is 5.41 Å². The summed E-state index contributed by atoms with van der Waals surface area (Å²) in [7, 11) is 0. The van der Waals surface area contributed by atoms with E-state index in [4.69, 9.17) is 0 Å². The molecule has 0 bridgehead atoms. The van der Waals surface area contributed by atoms with Gasteiger partial charge in [-0.1, -0.05) is 56.4 Å². The van der Waals surface area contributed by atoms with Crippen LogP contribution in [0.25, 0.3) is 0 Å². The normalized spacial score (nSPS) is 22.2. The van der Waals surface area contributed by atoms with E-state index < -0.39 is 5.60 Å². The van der Waals surface area contributed by atoms with Crippen LogP contribution >= 0.6 is 0 Å². The van der Waals surface area contributed by atoms with E-state index in [1.165, 1.54) is 11.1 Å². The number of hydrogen-bond acceptors (Lipinski definition) is 2. The van der Waals surface area contributed by atoms with Crippen molar-refractivity contribution in [1.82, 2.24) is 0 Å². The summed E-state index contributed by atoms with van der Waals surface area (Å²) >= 11 is 0. The van der Waals surface area contributed by atoms with Crippen LogP contribution in [0.3, 0.4) is 0 Å². The first-order valence-corrected chi connectivity index (χ1v) is 9.21. The highest BCUT2D eigenvalue weighted by Crippen LogP contribution is 2.29. The Labute approximate surface area is 148 Å². The quantitative estimate of drug-likeness (QED) is 0.456. The van der Waals surface area contributed by atoms with Crippen molar-refractivity contribution in [2.75, 3.05) is 0 Å². The van der Waals surface area contributed by atoms with Gasteiger partial charge in [-0.15, -0.1) is 0 Å². The lowest BCUT2D eigenvalue weighted by Gasteiger charge is -2.23. The number of rotatable bonds is 8. The summed E-state index contributed by atoms with van der Waals surface area (Å²) in [6.07, 6.45) is 17.1. The Balaban J connectivity index is 2.31. The third-order valence-corrected chi connectivity index (χ3v) is 4.54. The molecule has 0 amide bonds. The Morgan fingerprint density at radius 1 is 1.21 bits per heavy atom. The number of aliphatic hydroxyl groups excluding tert-OH is 1. The molecule has 136 valence electrons. The Kier molecular flexibility index (Phi) is 8.18. The molecule has 1 atom stereocenters. The molecule has 0 radical (unpaired) electrons. The van der Waals surface area contributed by atoms with Gasteiger partial charge < -0.3 is 10.2 Å². The van der Waals surface area contributed by atoms with E-state index in [1.807, 2.05) is 6.08 Å². The average Bonchev–Trinajstić information content (AvgIpc) is 2.44. The van der Waals surface area contributed by atoms with Gasteiger partial charge in [0.1, 0.15) is 0 Å². The van der Waals surface area contributed by atoms with Crippen LogP contribution in [0.15, 0.2) is 48.1 Å². The van der Waals surface area contributed by atoms with Crippen LogP contribution in [-0.4, -0.2) is 21.9 Å². The predicted molar refractivity (Wildman–Crippen MR) is 104 cm³/mol. The van der Waals surface area contributed by atoms with Gasteiger partial charge in [-0.05, 0) is 69.8 Å². The van der Waals surface area contributed by atoms with Crippen molar-refractivity contribution >= 4 is 0 Å². The molecule has 0 heterocycles. The summed E-state index contributed by atoms with van der Waals surface area (Å²) in [5.41, 5.74) is 1.91. The molecule has 24 heavy (non-hydrogen) atoms. The molecule has 0 unspecified atom stereocenters. The Morgan fingerprint density at radius 2 is 1.92 bits per heavy atom. The lowest BCUT2D eigenvalue weighted by atomic mass is 9.83. The van der Waals surface area contributed by atoms with Gasteiger partial charge in [-0.25, -0.2) is 0 Å². The molecule has 1 rings (SSSR count). The molecule has 0 aromatic heterocycles. The largest absolute Gasteiger partial charge is 0.393 e. The van der Waals surface area contributed by atoms with Crippen molar-refractivity contribution in [1.29, 1.82) is 0 Å². The highest BCUT2D eigenvalue weighted by atomic mass is 16.3. The molecule has 2 heteroatoms. The van der Waals surface area contributed by atoms with E-state index in [1.54, 1.807) is 13.8 Å². The zero-order valence-corrected chi connectivity index (χ0v) is 16.0. The van der Waals surface area contributed by atoms with Crippen molar-refractivity contribution in [3.8, 4) is 0 Å². The summed E-state index contributed by atoms with van der Waals surface area (Å²) in [5.74, 6) is 0. The number of aliphatic hydroxyl groups is 2. The Hall–Kier alpha value is -1.12. The topological polar surface area (TPSA) is 40.5 Å². The first-order chi connectivity index (χ1) is 11.1. The molecule has 0 aromatic carbocycles. The number of hydrogen-bond donors (Lipinski definition) is 2. The number of unbranched alkanes of at least 4 members (excludes halogenated alkanes) is 1. The van der Waals surface area contributed by atoms with Gasteiger partial charge in [0.25, 0.3) is 0 Å². The van der Waals surface area contributed by atoms with Crippen LogP contribution in [0.1, 0.15) is 72.6 Å². The predicted octanol–water partition coefficient (Wildman–Crippen LogP) is 5.48. The fourth-order valence-electron chi connectivity index (χ4n) is 2.93. The fraction of sp³-hybridized carbons (Fsp3) is 0.636. The first kappa shape index (κ1) is 20.9. The molecule has 1 aliphatic carbocycles. The smallest absolute Gasteiger partial charge is 0.0771 e. The number of allylic oxidation sites excluding steroid dienone is 5. The van der Waals surface area contributed by atoms with Gasteiger partial charge in [0, 0.05) is 0 Å². The second-order valence-electron chi connectivity index (χ2n) is 8.44. The summed E-state index contributed by atoms with van der Waals surface area (Å²) in [4.78, 5) is 0. The maximum absolute atomic E-state index is 9.72. The summed E-state index contributed by atoms with van der Waals surface area (Å²) < 4.78 is 0. The van der Waals surface area contributed by atoms with E-state index in [0.29, 0.717) is 0 Å². The lowest BCUT2D eigenvalue weighted by molar-refractivity contribution is 0.132. The van der Waals surface area contributed by atoms with Gasteiger partial charge in [-0.3, -0.25) is 0 Å². The van der Waals surface area contributed by atoms with Gasteiger partial charge in [0.15, 0.2) is 0 Å². The highest BCUT2D eigenvalue weighted by Gasteiger charge is 2.17. The third kappa shape index (κ3) is 9.24. The van der Waals surface area contributed by atoms with E-state index >= 15 is 0 Å². The molecular weight excluding hydrogens is 296 g/mol. The molecule has 2 N–H and O–H groups in total. The molecule has 0 aromatic rings. The van der Waals surface area contributed by atoms with Gasteiger partial charge in [0.2, 0.25) is 0 Å². The van der Waals surface area contributed by atoms with E-state index in [9.17, 15) is 10.2 Å². The van der Waals surface area contributed by atoms with Crippen molar-refractivity contribution in [3.63, 3.8) is 0 Å². The van der Waals surface area contributed by atoms with Crippen LogP contribution in [0.2, 0.25) is 0 Å². The molecule has 1 aliphatic rings. The lowest BCUT2D eigenvalue weighted by Crippen LogP contribution is -2.15. The average molecular weight is 333 g/mol. The highest BCUT2D eigenvalue weighted by molar-refractivity contribution is 5.34. The Bertz CT molecular complexity index is 487. The summed E-state index contributed by atoms with van der Waals surface area (Å²) in [6.45, 7) is 12.2. The summed E-state index contributed by atoms with van der Waals surface area (Å²) in [5, 5.41) is 19.4. The maximum atomic E-state index is 9.72. The van der Waals surface area contributed by atoms with E-state index in [0.717, 1.165) is 44.9 Å².